The fourth-order valence-corrected chi connectivity index (χ4v) is 2.64. The highest BCUT2D eigenvalue weighted by atomic mass is 32.2. The van der Waals surface area contributed by atoms with Gasteiger partial charge in [-0.1, -0.05) is 0 Å². The lowest BCUT2D eigenvalue weighted by molar-refractivity contribution is 0.601. The van der Waals surface area contributed by atoms with Crippen LogP contribution < -0.4 is 4.90 Å². The number of aromatic nitrogens is 3. The summed E-state index contributed by atoms with van der Waals surface area (Å²) in [6.45, 7) is 0.777. The first-order valence-corrected chi connectivity index (χ1v) is 7.67. The number of hydrogen-bond donors (Lipinski definition) is 0. The number of anilines is 2. The summed E-state index contributed by atoms with van der Waals surface area (Å²) in [7, 11) is -3.21. The smallest absolute Gasteiger partial charge is 0.177 e. The summed E-state index contributed by atoms with van der Waals surface area (Å²) in [5, 5.41) is 0. The molecule has 98 valence electrons. The van der Waals surface area contributed by atoms with Crippen molar-refractivity contribution in [3.05, 3.63) is 36.4 Å². The molecule has 0 radical (unpaired) electrons. The highest BCUT2D eigenvalue weighted by Crippen LogP contribution is 2.30. The maximum absolute atomic E-state index is 11.4. The number of rotatable bonds is 2. The second-order valence-electron chi connectivity index (χ2n) is 4.40. The third-order valence-corrected chi connectivity index (χ3v) is 4.15. The van der Waals surface area contributed by atoms with Crippen LogP contribution in [0.2, 0.25) is 0 Å². The summed E-state index contributed by atoms with van der Waals surface area (Å²) in [5.41, 5.74) is 1.08. The normalized spacial score (nSPS) is 14.5. The van der Waals surface area contributed by atoms with Crippen LogP contribution in [-0.4, -0.2) is 36.2 Å². The molecule has 1 aliphatic rings. The fraction of sp³-hybridized carbons (Fsp3) is 0.250. The molecule has 0 atom stereocenters. The van der Waals surface area contributed by atoms with E-state index < -0.39 is 9.84 Å². The summed E-state index contributed by atoms with van der Waals surface area (Å²) < 4.78 is 22.8. The van der Waals surface area contributed by atoms with Gasteiger partial charge in [-0.2, -0.15) is 0 Å². The molecular formula is C12H12N4O2S. The average molecular weight is 276 g/mol. The Morgan fingerprint density at radius 2 is 2.05 bits per heavy atom. The van der Waals surface area contributed by atoms with Crippen LogP contribution in [0, 0.1) is 0 Å². The van der Waals surface area contributed by atoms with E-state index in [1.165, 1.54) is 18.8 Å². The van der Waals surface area contributed by atoms with Crippen LogP contribution in [0.3, 0.4) is 0 Å². The minimum Gasteiger partial charge on any atom is -0.310 e. The van der Waals surface area contributed by atoms with Gasteiger partial charge in [0, 0.05) is 30.8 Å². The van der Waals surface area contributed by atoms with Gasteiger partial charge < -0.3 is 4.90 Å². The number of hydrogen-bond acceptors (Lipinski definition) is 6. The molecule has 0 saturated carbocycles. The molecule has 0 amide bonds. The van der Waals surface area contributed by atoms with Gasteiger partial charge in [-0.25, -0.2) is 23.4 Å². The quantitative estimate of drug-likeness (QED) is 0.813. The highest BCUT2D eigenvalue weighted by molar-refractivity contribution is 7.90. The third-order valence-electron chi connectivity index (χ3n) is 3.05. The van der Waals surface area contributed by atoms with Crippen molar-refractivity contribution in [1.29, 1.82) is 0 Å². The van der Waals surface area contributed by atoms with E-state index >= 15 is 0 Å². The van der Waals surface area contributed by atoms with E-state index in [1.54, 1.807) is 18.3 Å². The van der Waals surface area contributed by atoms with E-state index in [0.717, 1.165) is 24.3 Å². The van der Waals surface area contributed by atoms with Crippen molar-refractivity contribution in [3.63, 3.8) is 0 Å². The van der Waals surface area contributed by atoms with E-state index in [9.17, 15) is 8.42 Å². The maximum Gasteiger partial charge on any atom is 0.177 e. The van der Waals surface area contributed by atoms with Crippen molar-refractivity contribution < 1.29 is 8.42 Å². The minimum absolute atomic E-state index is 0.221. The molecule has 0 fully saturated rings. The highest BCUT2D eigenvalue weighted by Gasteiger charge is 2.22. The van der Waals surface area contributed by atoms with Crippen molar-refractivity contribution in [3.8, 4) is 0 Å². The molecule has 6 nitrogen and oxygen atoms in total. The van der Waals surface area contributed by atoms with E-state index in [1.807, 2.05) is 4.90 Å². The molecular weight excluding hydrogens is 264 g/mol. The largest absolute Gasteiger partial charge is 0.310 e. The zero-order valence-electron chi connectivity index (χ0n) is 10.3. The topological polar surface area (TPSA) is 76.1 Å². The molecule has 3 rings (SSSR count). The Morgan fingerprint density at radius 3 is 2.74 bits per heavy atom. The van der Waals surface area contributed by atoms with Crippen LogP contribution in [0.1, 0.15) is 5.56 Å². The van der Waals surface area contributed by atoms with Gasteiger partial charge in [0.25, 0.3) is 0 Å². The molecule has 0 unspecified atom stereocenters. The summed E-state index contributed by atoms with van der Waals surface area (Å²) >= 11 is 0. The molecule has 2 aromatic heterocycles. The lowest BCUT2D eigenvalue weighted by Crippen LogP contribution is -2.16. The second-order valence-corrected chi connectivity index (χ2v) is 6.41. The van der Waals surface area contributed by atoms with Gasteiger partial charge in [-0.15, -0.1) is 0 Å². The number of fused-ring (bicyclic) bond motifs is 1. The summed E-state index contributed by atoms with van der Waals surface area (Å²) in [6, 6.07) is 3.27. The van der Waals surface area contributed by atoms with Crippen molar-refractivity contribution in [2.24, 2.45) is 0 Å². The van der Waals surface area contributed by atoms with Gasteiger partial charge in [0.05, 0.1) is 4.90 Å². The first-order chi connectivity index (χ1) is 9.05. The van der Waals surface area contributed by atoms with Crippen LogP contribution in [0.15, 0.2) is 35.7 Å². The first kappa shape index (κ1) is 12.0. The Balaban J connectivity index is 1.97. The fourth-order valence-electron chi connectivity index (χ4n) is 2.08. The van der Waals surface area contributed by atoms with Crippen LogP contribution in [0.5, 0.6) is 0 Å². The van der Waals surface area contributed by atoms with Gasteiger partial charge in [0.1, 0.15) is 18.0 Å². The molecule has 0 aromatic carbocycles. The zero-order chi connectivity index (χ0) is 13.5. The molecule has 0 aliphatic carbocycles. The molecule has 0 spiro atoms. The summed E-state index contributed by atoms with van der Waals surface area (Å²) in [4.78, 5) is 14.6. The van der Waals surface area contributed by atoms with Gasteiger partial charge in [0.15, 0.2) is 9.84 Å². The Labute approximate surface area is 111 Å². The molecule has 0 N–H and O–H groups in total. The average Bonchev–Trinajstić information content (AvgIpc) is 2.82. The molecule has 2 aromatic rings. The van der Waals surface area contributed by atoms with Crippen LogP contribution in [0.25, 0.3) is 0 Å². The molecule has 0 saturated heterocycles. The van der Waals surface area contributed by atoms with Gasteiger partial charge in [0.2, 0.25) is 0 Å². The lowest BCUT2D eigenvalue weighted by Gasteiger charge is -2.16. The minimum atomic E-state index is -3.21. The summed E-state index contributed by atoms with van der Waals surface area (Å²) in [5.74, 6) is 1.54. The molecule has 7 heteroatoms. The van der Waals surface area contributed by atoms with Crippen molar-refractivity contribution in [1.82, 2.24) is 15.0 Å². The first-order valence-electron chi connectivity index (χ1n) is 5.78. The predicted octanol–water partition coefficient (Wildman–Crippen LogP) is 0.969. The van der Waals surface area contributed by atoms with Crippen LogP contribution in [-0.2, 0) is 16.3 Å². The number of nitrogens with zero attached hydrogens (tertiary/aromatic N) is 4. The van der Waals surface area contributed by atoms with Gasteiger partial charge >= 0.3 is 0 Å². The van der Waals surface area contributed by atoms with Crippen LogP contribution in [0.4, 0.5) is 11.6 Å². The van der Waals surface area contributed by atoms with Crippen molar-refractivity contribution >= 4 is 21.5 Å². The van der Waals surface area contributed by atoms with Crippen molar-refractivity contribution in [2.75, 3.05) is 17.7 Å². The standard InChI is InChI=1S/C12H12N4O2S/c1-19(17,18)10-2-3-11(14-7-10)16-5-4-9-6-13-8-15-12(9)16/h2-3,6-8H,4-5H2,1H3. The van der Waals surface area contributed by atoms with Gasteiger partial charge in [-0.3, -0.25) is 0 Å². The monoisotopic (exact) mass is 276 g/mol. The molecule has 0 bridgehead atoms. The van der Waals surface area contributed by atoms with E-state index in [-0.39, 0.29) is 4.90 Å². The molecule has 3 heterocycles. The Kier molecular flexibility index (Phi) is 2.70. The third kappa shape index (κ3) is 2.17. The second kappa shape index (κ2) is 4.27. The SMILES string of the molecule is CS(=O)(=O)c1ccc(N2CCc3cncnc32)nc1. The van der Waals surface area contributed by atoms with E-state index in [2.05, 4.69) is 15.0 Å². The zero-order valence-corrected chi connectivity index (χ0v) is 11.1. The number of pyridine rings is 1. The van der Waals surface area contributed by atoms with Crippen molar-refractivity contribution in [2.45, 2.75) is 11.3 Å². The number of sulfone groups is 1. The Bertz CT molecular complexity index is 713. The van der Waals surface area contributed by atoms with E-state index in [4.69, 9.17) is 0 Å². The summed E-state index contributed by atoms with van der Waals surface area (Å²) in [6.07, 6.45) is 6.72. The Hall–Kier alpha value is -2.02. The predicted molar refractivity (Wildman–Crippen MR) is 70.1 cm³/mol. The molecule has 19 heavy (non-hydrogen) atoms. The van der Waals surface area contributed by atoms with E-state index in [0.29, 0.717) is 5.82 Å². The maximum atomic E-state index is 11.4. The Morgan fingerprint density at radius 1 is 1.21 bits per heavy atom. The van der Waals surface area contributed by atoms with Gasteiger partial charge in [-0.05, 0) is 18.6 Å². The van der Waals surface area contributed by atoms with Crippen LogP contribution >= 0.6 is 0 Å². The molecule has 1 aliphatic heterocycles. The lowest BCUT2D eigenvalue weighted by atomic mass is 10.3.